The summed E-state index contributed by atoms with van der Waals surface area (Å²) < 4.78 is 5.78. The van der Waals surface area contributed by atoms with Gasteiger partial charge in [0.2, 0.25) is 5.91 Å². The highest BCUT2D eigenvalue weighted by atomic mass is 16.5. The summed E-state index contributed by atoms with van der Waals surface area (Å²) in [5, 5.41) is 12.3. The lowest BCUT2D eigenvalue weighted by atomic mass is 9.77. The van der Waals surface area contributed by atoms with Crippen LogP contribution in [0, 0.1) is 11.3 Å². The monoisotopic (exact) mass is 542 g/mol. The Morgan fingerprint density at radius 2 is 1.45 bits per heavy atom. The Morgan fingerprint density at radius 3 is 2.00 bits per heavy atom. The molecule has 1 unspecified atom stereocenters. The molecule has 0 spiro atoms. The van der Waals surface area contributed by atoms with E-state index >= 15 is 0 Å². The number of alkyl carbamates (subject to hydrolysis) is 1. The first-order valence-corrected chi connectivity index (χ1v) is 13.8. The highest BCUT2D eigenvalue weighted by Gasteiger charge is 2.42. The molecule has 4 rings (SSSR count). The average Bonchev–Trinajstić information content (AvgIpc) is 3.26. The number of carbonyl (C=O) groups excluding carboxylic acids is 2. The first kappa shape index (κ1) is 28.9. The van der Waals surface area contributed by atoms with Crippen molar-refractivity contribution in [1.82, 2.24) is 10.2 Å². The fraction of sp³-hybridized carbons (Fsp3) is 0.364. The molecule has 40 heavy (non-hydrogen) atoms. The van der Waals surface area contributed by atoms with E-state index < -0.39 is 23.5 Å². The van der Waals surface area contributed by atoms with Crippen molar-refractivity contribution in [3.05, 3.63) is 95.6 Å². The van der Waals surface area contributed by atoms with Crippen LogP contribution in [0.1, 0.15) is 56.7 Å². The van der Waals surface area contributed by atoms with E-state index in [2.05, 4.69) is 29.6 Å². The fourth-order valence-corrected chi connectivity index (χ4v) is 5.77. The molecule has 0 radical (unpaired) electrons. The van der Waals surface area contributed by atoms with Crippen molar-refractivity contribution in [2.24, 2.45) is 11.3 Å². The molecule has 7 nitrogen and oxygen atoms in total. The second kappa shape index (κ2) is 12.4. The number of carboxylic acids is 1. The third-order valence-electron chi connectivity index (χ3n) is 7.71. The highest BCUT2D eigenvalue weighted by Crippen LogP contribution is 2.44. The van der Waals surface area contributed by atoms with Gasteiger partial charge in [0.1, 0.15) is 6.61 Å². The van der Waals surface area contributed by atoms with Gasteiger partial charge in [-0.15, -0.1) is 0 Å². The number of nitrogens with one attached hydrogen (secondary N) is 1. The number of rotatable bonds is 11. The quantitative estimate of drug-likeness (QED) is 0.306. The van der Waals surface area contributed by atoms with E-state index in [9.17, 15) is 19.5 Å². The maximum absolute atomic E-state index is 13.9. The average molecular weight is 543 g/mol. The van der Waals surface area contributed by atoms with Crippen LogP contribution in [0.25, 0.3) is 11.1 Å². The van der Waals surface area contributed by atoms with Gasteiger partial charge in [0.05, 0.1) is 11.8 Å². The predicted octanol–water partition coefficient (Wildman–Crippen LogP) is 6.08. The number of carboxylic acid groups (broad SMARTS) is 1. The highest BCUT2D eigenvalue weighted by molar-refractivity contribution is 5.84. The van der Waals surface area contributed by atoms with Crippen molar-refractivity contribution in [3.63, 3.8) is 0 Å². The van der Waals surface area contributed by atoms with E-state index in [1.807, 2.05) is 68.4 Å². The molecule has 0 heterocycles. The number of ether oxygens (including phenoxy) is 1. The normalized spacial score (nSPS) is 13.3. The molecule has 0 saturated carbocycles. The zero-order valence-electron chi connectivity index (χ0n) is 23.6. The number of amides is 2. The number of fused-ring (bicyclic) bond motifs is 3. The van der Waals surface area contributed by atoms with Gasteiger partial charge in [-0.1, -0.05) is 92.7 Å². The molecule has 210 valence electrons. The molecule has 0 aromatic heterocycles. The molecular formula is C33H38N2O5. The molecule has 0 saturated heterocycles. The molecule has 1 atom stereocenters. The molecule has 7 heteroatoms. The lowest BCUT2D eigenvalue weighted by Crippen LogP contribution is -2.56. The number of nitrogens with zero attached hydrogens (tertiary/aromatic N) is 1. The maximum Gasteiger partial charge on any atom is 0.407 e. The Bertz CT molecular complexity index is 1310. The van der Waals surface area contributed by atoms with Crippen molar-refractivity contribution < 1.29 is 24.2 Å². The summed E-state index contributed by atoms with van der Waals surface area (Å²) in [5.41, 5.74) is 4.44. The van der Waals surface area contributed by atoms with Crippen LogP contribution in [0.3, 0.4) is 0 Å². The predicted molar refractivity (Wildman–Crippen MR) is 155 cm³/mol. The Hall–Kier alpha value is -4.13. The van der Waals surface area contributed by atoms with Crippen LogP contribution >= 0.6 is 0 Å². The lowest BCUT2D eigenvalue weighted by Gasteiger charge is -2.39. The standard InChI is InChI=1S/C33H38N2O5/c1-22(2)30(33(3,4)31(38)35(19-18-29(36)37)20-23-12-6-5-7-13-23)34-32(39)40-21-28-26-16-10-8-14-24(26)25-15-9-11-17-27(25)28/h5-17,22,28,30H,18-21H2,1-4H3,(H,34,39)(H,36,37). The fourth-order valence-electron chi connectivity index (χ4n) is 5.77. The minimum Gasteiger partial charge on any atom is -0.481 e. The summed E-state index contributed by atoms with van der Waals surface area (Å²) in [5.74, 6) is -1.35. The molecule has 0 bridgehead atoms. The molecular weight excluding hydrogens is 504 g/mol. The zero-order chi connectivity index (χ0) is 28.9. The van der Waals surface area contributed by atoms with Gasteiger partial charge in [-0.2, -0.15) is 0 Å². The van der Waals surface area contributed by atoms with Gasteiger partial charge < -0.3 is 20.1 Å². The lowest BCUT2D eigenvalue weighted by molar-refractivity contribution is -0.145. The van der Waals surface area contributed by atoms with Gasteiger partial charge in [-0.3, -0.25) is 9.59 Å². The summed E-state index contributed by atoms with van der Waals surface area (Å²) in [6.07, 6.45) is -0.748. The Balaban J connectivity index is 1.47. The van der Waals surface area contributed by atoms with Crippen molar-refractivity contribution in [2.45, 2.75) is 52.6 Å². The Kier molecular flexibility index (Phi) is 8.93. The van der Waals surface area contributed by atoms with Gasteiger partial charge in [-0.05, 0) is 47.6 Å². The first-order valence-electron chi connectivity index (χ1n) is 13.8. The van der Waals surface area contributed by atoms with Crippen molar-refractivity contribution in [3.8, 4) is 11.1 Å². The van der Waals surface area contributed by atoms with Gasteiger partial charge in [0, 0.05) is 25.0 Å². The topological polar surface area (TPSA) is 95.9 Å². The van der Waals surface area contributed by atoms with Gasteiger partial charge in [0.15, 0.2) is 0 Å². The number of benzene rings is 3. The van der Waals surface area contributed by atoms with Crippen LogP contribution in [0.2, 0.25) is 0 Å². The van der Waals surface area contributed by atoms with Crippen LogP contribution in [-0.4, -0.2) is 47.2 Å². The molecule has 1 aliphatic rings. The van der Waals surface area contributed by atoms with Crippen molar-refractivity contribution in [1.29, 1.82) is 0 Å². The third-order valence-corrected chi connectivity index (χ3v) is 7.71. The van der Waals surface area contributed by atoms with E-state index in [0.717, 1.165) is 27.8 Å². The van der Waals surface area contributed by atoms with E-state index in [-0.39, 0.29) is 43.9 Å². The van der Waals surface area contributed by atoms with E-state index in [1.165, 1.54) is 0 Å². The van der Waals surface area contributed by atoms with E-state index in [0.29, 0.717) is 0 Å². The zero-order valence-corrected chi connectivity index (χ0v) is 23.6. The molecule has 3 aromatic rings. The van der Waals surface area contributed by atoms with E-state index in [1.54, 1.807) is 18.7 Å². The molecule has 0 aliphatic heterocycles. The first-order chi connectivity index (χ1) is 19.1. The van der Waals surface area contributed by atoms with Crippen LogP contribution in [0.5, 0.6) is 0 Å². The molecule has 3 aromatic carbocycles. The molecule has 1 aliphatic carbocycles. The summed E-state index contributed by atoms with van der Waals surface area (Å²) in [4.78, 5) is 39.9. The van der Waals surface area contributed by atoms with Crippen LogP contribution in [0.15, 0.2) is 78.9 Å². The second-order valence-electron chi connectivity index (χ2n) is 11.3. The number of hydrogen-bond donors (Lipinski definition) is 2. The molecule has 0 fully saturated rings. The minimum absolute atomic E-state index is 0.0670. The van der Waals surface area contributed by atoms with Crippen molar-refractivity contribution in [2.75, 3.05) is 13.2 Å². The largest absolute Gasteiger partial charge is 0.481 e. The third kappa shape index (κ3) is 6.36. The SMILES string of the molecule is CC(C)C(NC(=O)OCC1c2ccccc2-c2ccccc21)C(C)(C)C(=O)N(CCC(=O)O)Cc1ccccc1. The number of hydrogen-bond acceptors (Lipinski definition) is 4. The summed E-state index contributed by atoms with van der Waals surface area (Å²) >= 11 is 0. The molecule has 2 N–H and O–H groups in total. The molecule has 2 amide bonds. The van der Waals surface area contributed by atoms with Gasteiger partial charge >= 0.3 is 12.1 Å². The smallest absolute Gasteiger partial charge is 0.407 e. The van der Waals surface area contributed by atoms with Crippen LogP contribution < -0.4 is 5.32 Å². The summed E-state index contributed by atoms with van der Waals surface area (Å²) in [7, 11) is 0. The summed E-state index contributed by atoms with van der Waals surface area (Å²) in [6, 6.07) is 25.2. The minimum atomic E-state index is -1.02. The summed E-state index contributed by atoms with van der Waals surface area (Å²) in [6.45, 7) is 8.02. The van der Waals surface area contributed by atoms with Crippen LogP contribution in [-0.2, 0) is 20.9 Å². The van der Waals surface area contributed by atoms with Crippen LogP contribution in [0.4, 0.5) is 4.79 Å². The van der Waals surface area contributed by atoms with E-state index in [4.69, 9.17) is 4.74 Å². The Labute approximate surface area is 236 Å². The number of carbonyl (C=O) groups is 3. The maximum atomic E-state index is 13.9. The number of aliphatic carboxylic acids is 1. The van der Waals surface area contributed by atoms with Gasteiger partial charge in [-0.25, -0.2) is 4.79 Å². The van der Waals surface area contributed by atoms with Gasteiger partial charge in [0.25, 0.3) is 0 Å². The van der Waals surface area contributed by atoms with Crippen molar-refractivity contribution >= 4 is 18.0 Å². The second-order valence-corrected chi connectivity index (χ2v) is 11.3. The Morgan fingerprint density at radius 1 is 0.900 bits per heavy atom.